The van der Waals surface area contributed by atoms with Crippen LogP contribution in [0.2, 0.25) is 0 Å². The molecule has 1 fully saturated rings. The Bertz CT molecular complexity index is 674. The summed E-state index contributed by atoms with van der Waals surface area (Å²) >= 11 is 0. The van der Waals surface area contributed by atoms with Gasteiger partial charge in [-0.3, -0.25) is 4.99 Å². The van der Waals surface area contributed by atoms with Crippen LogP contribution in [0, 0.1) is 5.41 Å². The van der Waals surface area contributed by atoms with Crippen LogP contribution in [-0.4, -0.2) is 38.3 Å². The number of nitrogens with zero attached hydrogens (tertiary/aromatic N) is 1. The van der Waals surface area contributed by atoms with Crippen molar-refractivity contribution in [1.82, 2.24) is 15.6 Å². The maximum absolute atomic E-state index is 5.32. The van der Waals surface area contributed by atoms with E-state index in [1.807, 2.05) is 7.05 Å². The van der Waals surface area contributed by atoms with Gasteiger partial charge in [-0.1, -0.05) is 31.0 Å². The predicted octanol–water partition coefficient (Wildman–Crippen LogP) is 4.05. The van der Waals surface area contributed by atoms with Crippen molar-refractivity contribution in [3.05, 3.63) is 36.0 Å². The SMILES string of the molecule is CN=C(NCc1cc2ccccc2[nH]1)NCC1(CCOC)CCCC1.I. The van der Waals surface area contributed by atoms with Gasteiger partial charge in [-0.2, -0.15) is 0 Å². The van der Waals surface area contributed by atoms with Crippen molar-refractivity contribution in [2.45, 2.75) is 38.6 Å². The van der Waals surface area contributed by atoms with E-state index in [1.165, 1.54) is 42.3 Å². The summed E-state index contributed by atoms with van der Waals surface area (Å²) in [6.45, 7) is 2.53. The molecular weight excluding hydrogens is 439 g/mol. The number of halogens is 1. The molecule has 1 aromatic carbocycles. The number of fused-ring (bicyclic) bond motifs is 1. The van der Waals surface area contributed by atoms with Crippen molar-refractivity contribution < 1.29 is 4.74 Å². The van der Waals surface area contributed by atoms with E-state index in [0.29, 0.717) is 5.41 Å². The standard InChI is InChI=1S/C20H30N4O.HI/c1-21-19(23-15-20(11-12-25-2)9-5-6-10-20)22-14-17-13-16-7-3-4-8-18(16)24-17;/h3-4,7-8,13,24H,5-6,9-12,14-15H2,1-2H3,(H2,21,22,23);1H. The van der Waals surface area contributed by atoms with Gasteiger partial charge in [0.05, 0.1) is 6.54 Å². The van der Waals surface area contributed by atoms with Gasteiger partial charge in [0, 0.05) is 38.5 Å². The number of H-pyrrole nitrogens is 1. The lowest BCUT2D eigenvalue weighted by Gasteiger charge is -2.29. The fourth-order valence-corrected chi connectivity index (χ4v) is 3.86. The minimum Gasteiger partial charge on any atom is -0.385 e. The highest BCUT2D eigenvalue weighted by molar-refractivity contribution is 14.0. The zero-order valence-electron chi connectivity index (χ0n) is 15.8. The van der Waals surface area contributed by atoms with Crippen molar-refractivity contribution >= 4 is 40.8 Å². The van der Waals surface area contributed by atoms with Gasteiger partial charge in [-0.15, -0.1) is 24.0 Å². The first kappa shape index (κ1) is 21.0. The first-order valence-corrected chi connectivity index (χ1v) is 9.25. The minimum absolute atomic E-state index is 0. The topological polar surface area (TPSA) is 61.4 Å². The summed E-state index contributed by atoms with van der Waals surface area (Å²) < 4.78 is 5.32. The molecule has 0 unspecified atom stereocenters. The molecule has 0 radical (unpaired) electrons. The second-order valence-electron chi connectivity index (χ2n) is 7.11. The van der Waals surface area contributed by atoms with Crippen molar-refractivity contribution in [2.24, 2.45) is 10.4 Å². The number of rotatable bonds is 7. The maximum atomic E-state index is 5.32. The van der Waals surface area contributed by atoms with Crippen molar-refractivity contribution in [3.63, 3.8) is 0 Å². The molecule has 0 bridgehead atoms. The summed E-state index contributed by atoms with van der Waals surface area (Å²) in [5.41, 5.74) is 2.69. The van der Waals surface area contributed by atoms with Crippen LogP contribution in [0.3, 0.4) is 0 Å². The van der Waals surface area contributed by atoms with E-state index in [1.54, 1.807) is 7.11 Å². The molecule has 0 amide bonds. The predicted molar refractivity (Wildman–Crippen MR) is 119 cm³/mol. The van der Waals surface area contributed by atoms with Crippen LogP contribution in [0.15, 0.2) is 35.3 Å². The molecule has 1 aromatic heterocycles. The van der Waals surface area contributed by atoms with E-state index in [2.05, 4.69) is 50.9 Å². The molecule has 5 nitrogen and oxygen atoms in total. The molecule has 3 N–H and O–H groups in total. The highest BCUT2D eigenvalue weighted by atomic mass is 127. The summed E-state index contributed by atoms with van der Waals surface area (Å²) in [5, 5.41) is 8.20. The number of ether oxygens (including phenoxy) is 1. The average molecular weight is 470 g/mol. The van der Waals surface area contributed by atoms with Crippen LogP contribution in [0.25, 0.3) is 10.9 Å². The second-order valence-corrected chi connectivity index (χ2v) is 7.11. The molecular formula is C20H31IN4O. The first-order valence-electron chi connectivity index (χ1n) is 9.25. The van der Waals surface area contributed by atoms with Crippen molar-refractivity contribution in [2.75, 3.05) is 27.3 Å². The number of aromatic nitrogens is 1. The number of benzene rings is 1. The quantitative estimate of drug-likeness (QED) is 0.325. The number of hydrogen-bond acceptors (Lipinski definition) is 2. The summed E-state index contributed by atoms with van der Waals surface area (Å²) in [6.07, 6.45) is 6.33. The van der Waals surface area contributed by atoms with Gasteiger partial charge >= 0.3 is 0 Å². The van der Waals surface area contributed by atoms with Gasteiger partial charge < -0.3 is 20.4 Å². The molecule has 0 saturated heterocycles. The third kappa shape index (κ3) is 5.36. The Morgan fingerprint density at radius 1 is 1.23 bits per heavy atom. The fourth-order valence-electron chi connectivity index (χ4n) is 3.86. The number of hydrogen-bond donors (Lipinski definition) is 3. The minimum atomic E-state index is 0. The van der Waals surface area contributed by atoms with E-state index in [-0.39, 0.29) is 24.0 Å². The lowest BCUT2D eigenvalue weighted by Crippen LogP contribution is -2.43. The van der Waals surface area contributed by atoms with E-state index in [0.717, 1.165) is 32.1 Å². The van der Waals surface area contributed by atoms with Crippen LogP contribution in [-0.2, 0) is 11.3 Å². The Balaban J connectivity index is 0.00000243. The normalized spacial score (nSPS) is 16.5. The summed E-state index contributed by atoms with van der Waals surface area (Å²) in [7, 11) is 3.62. The molecule has 26 heavy (non-hydrogen) atoms. The third-order valence-electron chi connectivity index (χ3n) is 5.39. The Morgan fingerprint density at radius 3 is 2.69 bits per heavy atom. The highest BCUT2D eigenvalue weighted by Gasteiger charge is 2.33. The Kier molecular flexibility index (Phi) is 8.21. The van der Waals surface area contributed by atoms with E-state index < -0.39 is 0 Å². The van der Waals surface area contributed by atoms with Gasteiger partial charge in [-0.25, -0.2) is 0 Å². The molecule has 1 saturated carbocycles. The number of aromatic amines is 1. The Labute approximate surface area is 173 Å². The molecule has 0 spiro atoms. The largest absolute Gasteiger partial charge is 0.385 e. The monoisotopic (exact) mass is 470 g/mol. The lowest BCUT2D eigenvalue weighted by molar-refractivity contribution is 0.138. The zero-order chi connectivity index (χ0) is 17.5. The second kappa shape index (κ2) is 10.2. The molecule has 144 valence electrons. The van der Waals surface area contributed by atoms with E-state index in [4.69, 9.17) is 4.74 Å². The lowest BCUT2D eigenvalue weighted by atomic mass is 9.83. The number of guanidine groups is 1. The van der Waals surface area contributed by atoms with Gasteiger partial charge in [0.25, 0.3) is 0 Å². The van der Waals surface area contributed by atoms with Gasteiger partial charge in [0.15, 0.2) is 5.96 Å². The van der Waals surface area contributed by atoms with Gasteiger partial charge in [-0.05, 0) is 42.2 Å². The molecule has 0 aliphatic heterocycles. The molecule has 1 heterocycles. The van der Waals surface area contributed by atoms with Gasteiger partial charge in [0.2, 0.25) is 0 Å². The summed E-state index contributed by atoms with van der Waals surface area (Å²) in [6, 6.07) is 10.5. The van der Waals surface area contributed by atoms with Crippen LogP contribution in [0.1, 0.15) is 37.8 Å². The molecule has 1 aliphatic carbocycles. The fraction of sp³-hybridized carbons (Fsp3) is 0.550. The van der Waals surface area contributed by atoms with Crippen molar-refractivity contribution in [1.29, 1.82) is 0 Å². The molecule has 0 atom stereocenters. The van der Waals surface area contributed by atoms with Crippen LogP contribution in [0.4, 0.5) is 0 Å². The summed E-state index contributed by atoms with van der Waals surface area (Å²) in [4.78, 5) is 7.82. The summed E-state index contributed by atoms with van der Waals surface area (Å²) in [5.74, 6) is 0.863. The number of methoxy groups -OCH3 is 1. The Morgan fingerprint density at radius 2 is 2.00 bits per heavy atom. The number of aliphatic imine (C=N–C) groups is 1. The average Bonchev–Trinajstić information content (AvgIpc) is 3.27. The van der Waals surface area contributed by atoms with Gasteiger partial charge in [0.1, 0.15) is 0 Å². The zero-order valence-corrected chi connectivity index (χ0v) is 18.1. The van der Waals surface area contributed by atoms with E-state index >= 15 is 0 Å². The van der Waals surface area contributed by atoms with Crippen LogP contribution >= 0.6 is 24.0 Å². The molecule has 2 aromatic rings. The maximum Gasteiger partial charge on any atom is 0.191 e. The highest BCUT2D eigenvalue weighted by Crippen LogP contribution is 2.40. The van der Waals surface area contributed by atoms with Crippen LogP contribution < -0.4 is 10.6 Å². The number of nitrogens with one attached hydrogen (secondary N) is 3. The third-order valence-corrected chi connectivity index (χ3v) is 5.39. The smallest absolute Gasteiger partial charge is 0.191 e. The molecule has 6 heteroatoms. The Hall–Kier alpha value is -1.28. The number of para-hydroxylation sites is 1. The van der Waals surface area contributed by atoms with Crippen LogP contribution in [0.5, 0.6) is 0 Å². The first-order chi connectivity index (χ1) is 12.2. The molecule has 1 aliphatic rings. The van der Waals surface area contributed by atoms with E-state index in [9.17, 15) is 0 Å². The molecule has 3 rings (SSSR count). The van der Waals surface area contributed by atoms with Crippen molar-refractivity contribution in [3.8, 4) is 0 Å².